The summed E-state index contributed by atoms with van der Waals surface area (Å²) >= 11 is 6.32. The van der Waals surface area contributed by atoms with E-state index in [4.69, 9.17) is 21.1 Å². The molecule has 2 saturated heterocycles. The largest absolute Gasteiger partial charge is 0.497 e. The van der Waals surface area contributed by atoms with Crippen LogP contribution in [0.5, 0.6) is 11.5 Å². The summed E-state index contributed by atoms with van der Waals surface area (Å²) in [6, 6.07) is 13.3. The van der Waals surface area contributed by atoms with Crippen molar-refractivity contribution in [3.05, 3.63) is 53.1 Å². The van der Waals surface area contributed by atoms with Crippen molar-refractivity contribution in [3.63, 3.8) is 0 Å². The highest BCUT2D eigenvalue weighted by molar-refractivity contribution is 6.33. The van der Waals surface area contributed by atoms with Gasteiger partial charge in [0, 0.05) is 37.8 Å². The number of carbonyl (C=O) groups is 1. The number of piperazine rings is 1. The molecule has 2 aliphatic heterocycles. The molecule has 30 heavy (non-hydrogen) atoms. The normalized spacial score (nSPS) is 21.6. The van der Waals surface area contributed by atoms with Crippen LogP contribution in [0.25, 0.3) is 0 Å². The number of nitrogens with one attached hydrogen (secondary N) is 2. The first-order chi connectivity index (χ1) is 14.6. The summed E-state index contributed by atoms with van der Waals surface area (Å²) in [5.41, 5.74) is 8.45. The molecule has 2 heterocycles. The van der Waals surface area contributed by atoms with E-state index in [-0.39, 0.29) is 18.0 Å². The smallest absolute Gasteiger partial charge is 0.241 e. The number of anilines is 1. The molecule has 2 aromatic rings. The Hall–Kier alpha value is -2.48. The van der Waals surface area contributed by atoms with Gasteiger partial charge in [-0.05, 0) is 24.6 Å². The Labute approximate surface area is 181 Å². The second-order valence-corrected chi connectivity index (χ2v) is 7.91. The number of nitrogens with zero attached hydrogens (tertiary/aromatic N) is 2. The summed E-state index contributed by atoms with van der Waals surface area (Å²) in [5, 5.41) is 0.746. The van der Waals surface area contributed by atoms with Gasteiger partial charge in [0.25, 0.3) is 0 Å². The summed E-state index contributed by atoms with van der Waals surface area (Å²) in [5.74, 6) is 1.61. The second kappa shape index (κ2) is 9.12. The summed E-state index contributed by atoms with van der Waals surface area (Å²) in [6.07, 6.45) is 0.659. The van der Waals surface area contributed by atoms with Crippen molar-refractivity contribution < 1.29 is 14.3 Å². The minimum absolute atomic E-state index is 0.00998. The van der Waals surface area contributed by atoms with Gasteiger partial charge in [-0.25, -0.2) is 10.9 Å². The minimum Gasteiger partial charge on any atom is -0.497 e. The number of hydrogen-bond acceptors (Lipinski definition) is 6. The number of carbonyl (C=O) groups excluding carboxylic acids is 1. The SMILES string of the molecule is COc1ccc(C2CC(C(=O)N3CCN(c4ccccc4Cl)CC3)NN2)c(OC)c1. The average molecular weight is 431 g/mol. The molecule has 2 aliphatic rings. The standard InChI is InChI=1S/C22H27ClN4O3/c1-29-15-7-8-16(21(13-15)30-2)18-14-19(25-24-18)22(28)27-11-9-26(10-12-27)20-6-4-3-5-17(20)23/h3-8,13,18-19,24-25H,9-12,14H2,1-2H3. The molecule has 2 aromatic carbocycles. The van der Waals surface area contributed by atoms with Crippen molar-refractivity contribution in [2.24, 2.45) is 0 Å². The number of hydrazine groups is 1. The van der Waals surface area contributed by atoms with Crippen molar-refractivity contribution in [3.8, 4) is 11.5 Å². The van der Waals surface area contributed by atoms with Crippen LogP contribution in [0.3, 0.4) is 0 Å². The number of ether oxygens (including phenoxy) is 2. The van der Waals surface area contributed by atoms with Crippen LogP contribution in [-0.4, -0.2) is 57.2 Å². The van der Waals surface area contributed by atoms with Crippen LogP contribution in [0.2, 0.25) is 5.02 Å². The average Bonchev–Trinajstić information content (AvgIpc) is 3.28. The highest BCUT2D eigenvalue weighted by Crippen LogP contribution is 2.33. The molecule has 2 fully saturated rings. The Balaban J connectivity index is 1.36. The molecule has 8 heteroatoms. The predicted molar refractivity (Wildman–Crippen MR) is 117 cm³/mol. The third-order valence-corrected chi connectivity index (χ3v) is 6.12. The highest BCUT2D eigenvalue weighted by Gasteiger charge is 2.35. The van der Waals surface area contributed by atoms with E-state index in [2.05, 4.69) is 15.8 Å². The molecule has 4 rings (SSSR count). The first-order valence-electron chi connectivity index (χ1n) is 10.1. The van der Waals surface area contributed by atoms with Gasteiger partial charge in [-0.15, -0.1) is 0 Å². The van der Waals surface area contributed by atoms with Crippen molar-refractivity contribution in [1.29, 1.82) is 0 Å². The highest BCUT2D eigenvalue weighted by atomic mass is 35.5. The van der Waals surface area contributed by atoms with Crippen LogP contribution in [0, 0.1) is 0 Å². The Bertz CT molecular complexity index is 902. The maximum Gasteiger partial charge on any atom is 0.241 e. The van der Waals surface area contributed by atoms with Gasteiger partial charge < -0.3 is 19.3 Å². The van der Waals surface area contributed by atoms with Gasteiger partial charge in [0.1, 0.15) is 17.5 Å². The van der Waals surface area contributed by atoms with Crippen LogP contribution >= 0.6 is 11.6 Å². The summed E-state index contributed by atoms with van der Waals surface area (Å²) in [7, 11) is 3.27. The molecule has 0 aliphatic carbocycles. The number of hydrogen-bond donors (Lipinski definition) is 2. The van der Waals surface area contributed by atoms with E-state index in [0.717, 1.165) is 40.9 Å². The molecule has 7 nitrogen and oxygen atoms in total. The predicted octanol–water partition coefficient (Wildman–Crippen LogP) is 2.61. The van der Waals surface area contributed by atoms with E-state index in [1.54, 1.807) is 14.2 Å². The van der Waals surface area contributed by atoms with Crippen LogP contribution in [-0.2, 0) is 4.79 Å². The van der Waals surface area contributed by atoms with Gasteiger partial charge in [-0.3, -0.25) is 4.79 Å². The maximum atomic E-state index is 13.1. The first-order valence-corrected chi connectivity index (χ1v) is 10.5. The summed E-state index contributed by atoms with van der Waals surface area (Å²) < 4.78 is 10.8. The first kappa shape index (κ1) is 20.8. The van der Waals surface area contributed by atoms with Gasteiger partial charge >= 0.3 is 0 Å². The van der Waals surface area contributed by atoms with Crippen molar-refractivity contribution in [1.82, 2.24) is 15.8 Å². The quantitative estimate of drug-likeness (QED) is 0.760. The van der Waals surface area contributed by atoms with Gasteiger partial charge in [0.2, 0.25) is 5.91 Å². The topological polar surface area (TPSA) is 66.1 Å². The summed E-state index contributed by atoms with van der Waals surface area (Å²) in [4.78, 5) is 17.2. The maximum absolute atomic E-state index is 13.1. The Morgan fingerprint density at radius 3 is 2.50 bits per heavy atom. The third-order valence-electron chi connectivity index (χ3n) is 5.80. The molecule has 2 N–H and O–H groups in total. The third kappa shape index (κ3) is 4.19. The van der Waals surface area contributed by atoms with Crippen LogP contribution < -0.4 is 25.2 Å². The van der Waals surface area contributed by atoms with Crippen molar-refractivity contribution in [2.75, 3.05) is 45.3 Å². The lowest BCUT2D eigenvalue weighted by Gasteiger charge is -2.37. The van der Waals surface area contributed by atoms with Gasteiger partial charge in [-0.1, -0.05) is 29.8 Å². The van der Waals surface area contributed by atoms with E-state index in [0.29, 0.717) is 19.5 Å². The van der Waals surface area contributed by atoms with E-state index in [1.807, 2.05) is 47.4 Å². The zero-order valence-electron chi connectivity index (χ0n) is 17.2. The number of rotatable bonds is 5. The number of halogens is 1. The van der Waals surface area contributed by atoms with Gasteiger partial charge in [-0.2, -0.15) is 0 Å². The Kier molecular flexibility index (Phi) is 6.32. The van der Waals surface area contributed by atoms with E-state index in [9.17, 15) is 4.79 Å². The van der Waals surface area contributed by atoms with Crippen molar-refractivity contribution in [2.45, 2.75) is 18.5 Å². The molecular weight excluding hydrogens is 404 g/mol. The molecule has 1 amide bonds. The van der Waals surface area contributed by atoms with E-state index >= 15 is 0 Å². The molecule has 160 valence electrons. The number of methoxy groups -OCH3 is 2. The Morgan fingerprint density at radius 1 is 1.03 bits per heavy atom. The van der Waals surface area contributed by atoms with Gasteiger partial charge in [0.15, 0.2) is 0 Å². The van der Waals surface area contributed by atoms with Crippen LogP contribution in [0.4, 0.5) is 5.69 Å². The van der Waals surface area contributed by atoms with E-state index in [1.165, 1.54) is 0 Å². The zero-order chi connectivity index (χ0) is 21.1. The fraction of sp³-hybridized carbons (Fsp3) is 0.409. The monoisotopic (exact) mass is 430 g/mol. The molecule has 0 aromatic heterocycles. The number of para-hydroxylation sites is 1. The molecule has 2 unspecified atom stereocenters. The fourth-order valence-electron chi connectivity index (χ4n) is 4.12. The van der Waals surface area contributed by atoms with Crippen LogP contribution in [0.1, 0.15) is 18.0 Å². The molecule has 2 atom stereocenters. The van der Waals surface area contributed by atoms with Crippen molar-refractivity contribution >= 4 is 23.2 Å². The lowest BCUT2D eigenvalue weighted by Crippen LogP contribution is -2.53. The van der Waals surface area contributed by atoms with E-state index < -0.39 is 0 Å². The molecule has 0 radical (unpaired) electrons. The van der Waals surface area contributed by atoms with Crippen LogP contribution in [0.15, 0.2) is 42.5 Å². The van der Waals surface area contributed by atoms with Gasteiger partial charge in [0.05, 0.1) is 31.0 Å². The Morgan fingerprint density at radius 2 is 1.80 bits per heavy atom. The summed E-state index contributed by atoms with van der Waals surface area (Å²) in [6.45, 7) is 2.90. The molecule has 0 saturated carbocycles. The molecule has 0 spiro atoms. The molecular formula is C22H27ClN4O3. The lowest BCUT2D eigenvalue weighted by atomic mass is 10.00. The minimum atomic E-state index is -0.270. The zero-order valence-corrected chi connectivity index (χ0v) is 18.0. The lowest BCUT2D eigenvalue weighted by molar-refractivity contribution is -0.133. The fourth-order valence-corrected chi connectivity index (χ4v) is 4.38. The molecule has 0 bridgehead atoms. The second-order valence-electron chi connectivity index (χ2n) is 7.50. The number of benzene rings is 2. The number of amides is 1.